The zero-order valence-corrected chi connectivity index (χ0v) is 30.4. The van der Waals surface area contributed by atoms with Crippen LogP contribution in [0.15, 0.2) is 157 Å². The molecule has 0 aliphatic heterocycles. The molecule has 0 unspecified atom stereocenters. The second kappa shape index (κ2) is 23.3. The fraction of sp³-hybridized carbons (Fsp3) is 0.289. The second-order valence-electron chi connectivity index (χ2n) is 9.90. The highest BCUT2D eigenvalue weighted by atomic mass is 14.5. The number of fused-ring (bicyclic) bond motifs is 3. The van der Waals surface area contributed by atoms with Crippen molar-refractivity contribution in [1.29, 1.82) is 0 Å². The topological polar surface area (TPSA) is 0 Å². The van der Waals surface area contributed by atoms with E-state index >= 15 is 0 Å². The van der Waals surface area contributed by atoms with Crippen molar-refractivity contribution in [3.8, 4) is 11.1 Å². The van der Waals surface area contributed by atoms with Crippen molar-refractivity contribution in [3.05, 3.63) is 174 Å². The standard InChI is InChI=1S/C32H30.C7H12.3C2H6/c1-5-15-26(6-2)32(27(7-3)23-22-24(4)25-16-9-8-10-17-25)30-20-13-11-18-28(30)29-19-12-14-21-31(29)32;1-4-5-6-7(2)3;3*1-2/h5-23H,3H2,1-2,4H3;4-6H,1-3H3;3*1-2H3/b15-5-,24-22+,26-6+,27-23+;5-4-;;;. The molecule has 1 aliphatic carbocycles. The molecule has 0 nitrogen and oxygen atoms in total. The van der Waals surface area contributed by atoms with Gasteiger partial charge in [0.2, 0.25) is 0 Å². The number of hydrogen-bond acceptors (Lipinski definition) is 0. The summed E-state index contributed by atoms with van der Waals surface area (Å²) in [6.07, 6.45) is 19.3. The van der Waals surface area contributed by atoms with E-state index in [1.165, 1.54) is 50.1 Å². The maximum atomic E-state index is 4.28. The molecule has 0 fully saturated rings. The van der Waals surface area contributed by atoms with Crippen LogP contribution in [0.5, 0.6) is 0 Å². The molecule has 0 N–H and O–H groups in total. The van der Waals surface area contributed by atoms with E-state index in [4.69, 9.17) is 0 Å². The third-order valence-corrected chi connectivity index (χ3v) is 7.06. The third kappa shape index (κ3) is 10.5. The monoisotopic (exact) mass is 600 g/mol. The van der Waals surface area contributed by atoms with Gasteiger partial charge in [-0.2, -0.15) is 0 Å². The van der Waals surface area contributed by atoms with Crippen LogP contribution in [0.2, 0.25) is 0 Å². The molecule has 0 spiro atoms. The zero-order valence-electron chi connectivity index (χ0n) is 30.4. The van der Waals surface area contributed by atoms with Gasteiger partial charge in [0.25, 0.3) is 0 Å². The van der Waals surface area contributed by atoms with Crippen LogP contribution in [0.4, 0.5) is 0 Å². The van der Waals surface area contributed by atoms with Crippen LogP contribution >= 0.6 is 0 Å². The molecule has 0 atom stereocenters. The van der Waals surface area contributed by atoms with Crippen molar-refractivity contribution >= 4 is 5.57 Å². The van der Waals surface area contributed by atoms with E-state index in [1.54, 1.807) is 0 Å². The molecule has 3 aromatic rings. The summed E-state index contributed by atoms with van der Waals surface area (Å²) < 4.78 is 0. The molecular weight excluding hydrogens is 540 g/mol. The van der Waals surface area contributed by atoms with Gasteiger partial charge in [0.15, 0.2) is 0 Å². The lowest BCUT2D eigenvalue weighted by Crippen LogP contribution is -2.29. The summed E-state index contributed by atoms with van der Waals surface area (Å²) in [7, 11) is 0. The maximum Gasteiger partial charge on any atom is 0.0710 e. The fourth-order valence-electron chi connectivity index (χ4n) is 5.29. The van der Waals surface area contributed by atoms with E-state index in [-0.39, 0.29) is 0 Å². The Kier molecular flexibility index (Phi) is 21.1. The third-order valence-electron chi connectivity index (χ3n) is 7.06. The van der Waals surface area contributed by atoms with E-state index in [1.807, 2.05) is 66.7 Å². The molecular formula is C45H60. The summed E-state index contributed by atoms with van der Waals surface area (Å²) >= 11 is 0. The van der Waals surface area contributed by atoms with Crippen LogP contribution in [0.1, 0.15) is 99.8 Å². The smallest absolute Gasteiger partial charge is 0.0710 e. The molecule has 3 aromatic carbocycles. The summed E-state index contributed by atoms with van der Waals surface area (Å²) in [5, 5.41) is 0. The van der Waals surface area contributed by atoms with Crippen molar-refractivity contribution < 1.29 is 0 Å². The summed E-state index contributed by atoms with van der Waals surface area (Å²) in [4.78, 5) is 0. The van der Waals surface area contributed by atoms with Gasteiger partial charge in [0, 0.05) is 0 Å². The zero-order chi connectivity index (χ0) is 34.3. The van der Waals surface area contributed by atoms with Crippen molar-refractivity contribution in [2.75, 3.05) is 0 Å². The Morgan fingerprint density at radius 3 is 1.47 bits per heavy atom. The second-order valence-corrected chi connectivity index (χ2v) is 9.90. The highest BCUT2D eigenvalue weighted by Crippen LogP contribution is 2.57. The highest BCUT2D eigenvalue weighted by molar-refractivity contribution is 5.87. The molecule has 240 valence electrons. The largest absolute Gasteiger partial charge is 0.0987 e. The molecule has 4 rings (SSSR count). The lowest BCUT2D eigenvalue weighted by Gasteiger charge is -2.35. The summed E-state index contributed by atoms with van der Waals surface area (Å²) in [6, 6.07) is 28.1. The number of rotatable bonds is 7. The van der Waals surface area contributed by atoms with Gasteiger partial charge in [0.05, 0.1) is 5.41 Å². The van der Waals surface area contributed by atoms with Crippen molar-refractivity contribution in [2.45, 2.75) is 88.5 Å². The molecule has 0 amide bonds. The minimum Gasteiger partial charge on any atom is -0.0987 e. The van der Waals surface area contributed by atoms with Gasteiger partial charge < -0.3 is 0 Å². The minimum atomic E-state index is -0.399. The Balaban J connectivity index is 0.00000128. The van der Waals surface area contributed by atoms with Gasteiger partial charge in [-0.3, -0.25) is 0 Å². The maximum absolute atomic E-state index is 4.28. The first-order valence-electron chi connectivity index (χ1n) is 16.8. The molecule has 0 radical (unpaired) electrons. The SMILES string of the molecule is C/C=C\C=C(C)C.C=C/C(=C\C=C(/C)c1ccccc1)C1(C(/C=C\C)=C/C)c2ccccc2-c2ccccc21.CC.CC.CC. The molecule has 45 heavy (non-hydrogen) atoms. The lowest BCUT2D eigenvalue weighted by atomic mass is 9.66. The lowest BCUT2D eigenvalue weighted by molar-refractivity contribution is 0.764. The number of hydrogen-bond donors (Lipinski definition) is 0. The summed E-state index contributed by atoms with van der Waals surface area (Å²) in [5.41, 5.74) is 11.1. The molecule has 0 heterocycles. The predicted molar refractivity (Wildman–Crippen MR) is 208 cm³/mol. The first-order valence-corrected chi connectivity index (χ1v) is 16.8. The Morgan fingerprint density at radius 1 is 0.578 bits per heavy atom. The summed E-state index contributed by atoms with van der Waals surface area (Å²) in [5.74, 6) is 0. The van der Waals surface area contributed by atoms with Crippen LogP contribution in [0.25, 0.3) is 16.7 Å². The average molecular weight is 601 g/mol. The van der Waals surface area contributed by atoms with Crippen molar-refractivity contribution in [3.63, 3.8) is 0 Å². The Labute approximate surface area is 278 Å². The van der Waals surface area contributed by atoms with Crippen LogP contribution in [-0.4, -0.2) is 0 Å². The van der Waals surface area contributed by atoms with E-state index in [2.05, 4.69) is 157 Å². The molecule has 0 saturated heterocycles. The van der Waals surface area contributed by atoms with E-state index in [0.717, 1.165) is 0 Å². The van der Waals surface area contributed by atoms with Crippen LogP contribution in [0.3, 0.4) is 0 Å². The Hall–Kier alpha value is -4.16. The van der Waals surface area contributed by atoms with Gasteiger partial charge in [-0.1, -0.05) is 187 Å². The molecule has 0 bridgehead atoms. The molecule has 1 aliphatic rings. The van der Waals surface area contributed by atoms with E-state index < -0.39 is 5.41 Å². The van der Waals surface area contributed by atoms with Gasteiger partial charge in [-0.15, -0.1) is 0 Å². The Bertz CT molecular complexity index is 1400. The molecule has 0 heteroatoms. The predicted octanol–water partition coefficient (Wildman–Crippen LogP) is 14.3. The molecule has 0 saturated carbocycles. The normalized spacial score (nSPS) is 12.9. The number of allylic oxidation sites excluding steroid dienone is 13. The van der Waals surface area contributed by atoms with E-state index in [0.29, 0.717) is 0 Å². The van der Waals surface area contributed by atoms with Crippen LogP contribution in [0, 0.1) is 0 Å². The fourth-order valence-corrected chi connectivity index (χ4v) is 5.29. The molecule has 0 aromatic heterocycles. The average Bonchev–Trinajstić information content (AvgIpc) is 3.40. The number of benzene rings is 3. The highest BCUT2D eigenvalue weighted by Gasteiger charge is 2.46. The quantitative estimate of drug-likeness (QED) is 0.237. The van der Waals surface area contributed by atoms with Gasteiger partial charge in [-0.25, -0.2) is 0 Å². The van der Waals surface area contributed by atoms with Crippen molar-refractivity contribution in [2.24, 2.45) is 0 Å². The van der Waals surface area contributed by atoms with Crippen LogP contribution in [-0.2, 0) is 5.41 Å². The minimum absolute atomic E-state index is 0.399. The van der Waals surface area contributed by atoms with Crippen molar-refractivity contribution in [1.82, 2.24) is 0 Å². The first kappa shape index (κ1) is 40.8. The van der Waals surface area contributed by atoms with Gasteiger partial charge in [0.1, 0.15) is 0 Å². The Morgan fingerprint density at radius 2 is 1.07 bits per heavy atom. The van der Waals surface area contributed by atoms with E-state index in [9.17, 15) is 0 Å². The summed E-state index contributed by atoms with van der Waals surface area (Å²) in [6.45, 7) is 28.8. The van der Waals surface area contributed by atoms with Gasteiger partial charge >= 0.3 is 0 Å². The first-order chi connectivity index (χ1) is 21.9. The van der Waals surface area contributed by atoms with Gasteiger partial charge in [-0.05, 0) is 86.1 Å². The van der Waals surface area contributed by atoms with Crippen LogP contribution < -0.4 is 0 Å².